The van der Waals surface area contributed by atoms with E-state index in [-0.39, 0.29) is 5.75 Å². The lowest BCUT2D eigenvalue weighted by atomic mass is 10.0. The number of aryl methyl sites for hydroxylation is 1. The Balaban J connectivity index is 1.59. The van der Waals surface area contributed by atoms with Crippen LogP contribution in [0.4, 0.5) is 0 Å². The van der Waals surface area contributed by atoms with Gasteiger partial charge in [-0.05, 0) is 45.5 Å². The average molecular weight is 365 g/mol. The number of aromatic nitrogens is 4. The molecular weight excluding hydrogens is 342 g/mol. The van der Waals surface area contributed by atoms with Crippen molar-refractivity contribution in [3.63, 3.8) is 0 Å². The van der Waals surface area contributed by atoms with Gasteiger partial charge in [0, 0.05) is 35.7 Å². The van der Waals surface area contributed by atoms with Gasteiger partial charge in [-0.3, -0.25) is 0 Å². The van der Waals surface area contributed by atoms with E-state index in [0.29, 0.717) is 30.3 Å². The van der Waals surface area contributed by atoms with E-state index in [1.807, 2.05) is 25.4 Å². The number of imidazole rings is 1. The molecule has 2 aliphatic rings. The van der Waals surface area contributed by atoms with Gasteiger partial charge in [0.05, 0.1) is 12.9 Å². The van der Waals surface area contributed by atoms with Crippen molar-refractivity contribution in [2.45, 2.75) is 32.2 Å². The maximum absolute atomic E-state index is 10.7. The van der Waals surface area contributed by atoms with Crippen molar-refractivity contribution in [3.05, 3.63) is 29.6 Å². The molecule has 0 radical (unpaired) electrons. The van der Waals surface area contributed by atoms with Crippen LogP contribution in [0.25, 0.3) is 22.4 Å². The van der Waals surface area contributed by atoms with Gasteiger partial charge in [0.25, 0.3) is 0 Å². The Morgan fingerprint density at radius 3 is 3.00 bits per heavy atom. The van der Waals surface area contributed by atoms with Crippen molar-refractivity contribution in [3.8, 4) is 22.8 Å². The summed E-state index contributed by atoms with van der Waals surface area (Å²) < 4.78 is 7.69. The van der Waals surface area contributed by atoms with Crippen molar-refractivity contribution in [1.29, 1.82) is 0 Å². The van der Waals surface area contributed by atoms with Gasteiger partial charge >= 0.3 is 0 Å². The topological polar surface area (TPSA) is 76.3 Å². The Labute approximate surface area is 157 Å². The van der Waals surface area contributed by atoms with Gasteiger partial charge in [0.15, 0.2) is 5.65 Å². The monoisotopic (exact) mass is 365 g/mol. The van der Waals surface area contributed by atoms with Gasteiger partial charge in [0.1, 0.15) is 22.7 Å². The third-order valence-electron chi connectivity index (χ3n) is 5.82. The summed E-state index contributed by atoms with van der Waals surface area (Å²) in [7, 11) is 2.15. The summed E-state index contributed by atoms with van der Waals surface area (Å²) >= 11 is 0. The minimum absolute atomic E-state index is 0.245. The van der Waals surface area contributed by atoms with Crippen LogP contribution in [-0.4, -0.2) is 56.5 Å². The molecule has 0 amide bonds. The molecule has 140 valence electrons. The lowest BCUT2D eigenvalue weighted by molar-refractivity contribution is 0.214. The average Bonchev–Trinajstić information content (AvgIpc) is 3.30. The second-order valence-corrected chi connectivity index (χ2v) is 7.59. The van der Waals surface area contributed by atoms with Crippen molar-refractivity contribution in [1.82, 2.24) is 24.6 Å². The molecule has 27 heavy (non-hydrogen) atoms. The Kier molecular flexibility index (Phi) is 3.79. The number of phenols is 1. The van der Waals surface area contributed by atoms with Crippen molar-refractivity contribution >= 4 is 11.2 Å². The number of likely N-dealkylation sites (tertiary alicyclic amines) is 1. The molecule has 0 bridgehead atoms. The normalized spacial score (nSPS) is 20.0. The number of fused-ring (bicyclic) bond motifs is 2. The molecule has 0 aliphatic carbocycles. The van der Waals surface area contributed by atoms with Crippen LogP contribution in [-0.2, 0) is 6.42 Å². The summed E-state index contributed by atoms with van der Waals surface area (Å²) in [5, 5.41) is 19.7. The SMILES string of the molecule is Cc1c(-c2ccc3c(c2O)CCO3)nnc2c1ncn2[C@@H]1CCCN(C)C1. The Morgan fingerprint density at radius 2 is 2.15 bits per heavy atom. The van der Waals surface area contributed by atoms with Crippen molar-refractivity contribution in [2.24, 2.45) is 0 Å². The van der Waals surface area contributed by atoms with E-state index in [0.717, 1.165) is 47.6 Å². The maximum atomic E-state index is 10.7. The van der Waals surface area contributed by atoms with E-state index < -0.39 is 0 Å². The molecule has 1 aromatic carbocycles. The summed E-state index contributed by atoms with van der Waals surface area (Å²) in [6, 6.07) is 4.13. The molecule has 0 saturated carbocycles. The standard InChI is InChI=1S/C20H23N5O2/c1-12-17(15-5-6-16-14(19(15)26)7-9-27-16)22-23-20-18(12)21-11-25(20)13-4-3-8-24(2)10-13/h5-6,11,13,26H,3-4,7-10H2,1-2H3/t13-/m1/s1. The van der Waals surface area contributed by atoms with E-state index in [4.69, 9.17) is 4.74 Å². The molecule has 7 nitrogen and oxygen atoms in total. The molecule has 2 aliphatic heterocycles. The zero-order chi connectivity index (χ0) is 18.5. The molecule has 0 spiro atoms. The highest BCUT2D eigenvalue weighted by Gasteiger charge is 2.25. The quantitative estimate of drug-likeness (QED) is 0.752. The Bertz CT molecular complexity index is 1030. The molecule has 3 aromatic rings. The van der Waals surface area contributed by atoms with E-state index in [9.17, 15) is 5.11 Å². The smallest absolute Gasteiger partial charge is 0.183 e. The Hall–Kier alpha value is -2.67. The molecule has 1 N–H and O–H groups in total. The fourth-order valence-corrected chi connectivity index (χ4v) is 4.34. The number of rotatable bonds is 2. The van der Waals surface area contributed by atoms with E-state index in [2.05, 4.69) is 31.7 Å². The number of ether oxygens (including phenoxy) is 1. The highest BCUT2D eigenvalue weighted by Crippen LogP contribution is 2.41. The molecule has 1 saturated heterocycles. The predicted molar refractivity (Wildman–Crippen MR) is 102 cm³/mol. The van der Waals surface area contributed by atoms with Crippen LogP contribution in [0.3, 0.4) is 0 Å². The number of hydrogen-bond acceptors (Lipinski definition) is 6. The molecule has 1 atom stereocenters. The van der Waals surface area contributed by atoms with Crippen LogP contribution in [0.15, 0.2) is 18.5 Å². The van der Waals surface area contributed by atoms with Crippen molar-refractivity contribution < 1.29 is 9.84 Å². The van der Waals surface area contributed by atoms with Crippen LogP contribution in [0.2, 0.25) is 0 Å². The van der Waals surface area contributed by atoms with Crippen LogP contribution in [0, 0.1) is 6.92 Å². The number of benzene rings is 1. The lowest BCUT2D eigenvalue weighted by Gasteiger charge is -2.30. The third-order valence-corrected chi connectivity index (χ3v) is 5.82. The van der Waals surface area contributed by atoms with Crippen LogP contribution in [0.5, 0.6) is 11.5 Å². The van der Waals surface area contributed by atoms with Gasteiger partial charge in [0.2, 0.25) is 0 Å². The zero-order valence-corrected chi connectivity index (χ0v) is 15.6. The first-order valence-corrected chi connectivity index (χ1v) is 9.50. The molecular formula is C20H23N5O2. The minimum Gasteiger partial charge on any atom is -0.507 e. The molecule has 2 aromatic heterocycles. The first kappa shape index (κ1) is 16.5. The number of likely N-dealkylation sites (N-methyl/N-ethyl adjacent to an activating group) is 1. The summed E-state index contributed by atoms with van der Waals surface area (Å²) in [6.45, 7) is 4.75. The van der Waals surface area contributed by atoms with Gasteiger partial charge in [-0.1, -0.05) is 0 Å². The summed E-state index contributed by atoms with van der Waals surface area (Å²) in [6.07, 6.45) is 4.91. The molecule has 4 heterocycles. The van der Waals surface area contributed by atoms with E-state index >= 15 is 0 Å². The van der Waals surface area contributed by atoms with Crippen LogP contribution in [0.1, 0.15) is 30.0 Å². The lowest BCUT2D eigenvalue weighted by Crippen LogP contribution is -2.33. The van der Waals surface area contributed by atoms with Gasteiger partial charge in [-0.15, -0.1) is 10.2 Å². The minimum atomic E-state index is 0.245. The van der Waals surface area contributed by atoms with Crippen LogP contribution < -0.4 is 4.74 Å². The van der Waals surface area contributed by atoms with E-state index in [1.54, 1.807) is 0 Å². The van der Waals surface area contributed by atoms with Crippen molar-refractivity contribution in [2.75, 3.05) is 26.7 Å². The first-order valence-electron chi connectivity index (χ1n) is 9.50. The fourth-order valence-electron chi connectivity index (χ4n) is 4.34. The third kappa shape index (κ3) is 2.56. The number of phenolic OH excluding ortho intramolecular Hbond substituents is 1. The number of nitrogens with zero attached hydrogens (tertiary/aromatic N) is 5. The molecule has 0 unspecified atom stereocenters. The number of piperidine rings is 1. The molecule has 7 heteroatoms. The fraction of sp³-hybridized carbons (Fsp3) is 0.450. The van der Waals surface area contributed by atoms with Gasteiger partial charge in [-0.2, -0.15) is 0 Å². The highest BCUT2D eigenvalue weighted by molar-refractivity contribution is 5.84. The first-order chi connectivity index (χ1) is 13.1. The van der Waals surface area contributed by atoms with Gasteiger partial charge in [-0.25, -0.2) is 4.98 Å². The predicted octanol–water partition coefficient (Wildman–Crippen LogP) is 2.71. The van der Waals surface area contributed by atoms with Crippen LogP contribution >= 0.6 is 0 Å². The summed E-state index contributed by atoms with van der Waals surface area (Å²) in [4.78, 5) is 6.99. The second-order valence-electron chi connectivity index (χ2n) is 7.59. The zero-order valence-electron chi connectivity index (χ0n) is 15.6. The van der Waals surface area contributed by atoms with Gasteiger partial charge < -0.3 is 19.3 Å². The Morgan fingerprint density at radius 1 is 1.26 bits per heavy atom. The summed E-state index contributed by atoms with van der Waals surface area (Å²) in [5.74, 6) is 1.00. The number of aromatic hydroxyl groups is 1. The highest BCUT2D eigenvalue weighted by atomic mass is 16.5. The largest absolute Gasteiger partial charge is 0.507 e. The second kappa shape index (κ2) is 6.20. The number of hydrogen-bond donors (Lipinski definition) is 1. The molecule has 1 fully saturated rings. The molecule has 5 rings (SSSR count). The maximum Gasteiger partial charge on any atom is 0.183 e. The van der Waals surface area contributed by atoms with E-state index in [1.165, 1.54) is 6.42 Å². The summed E-state index contributed by atoms with van der Waals surface area (Å²) in [5.41, 5.74) is 4.84.